The highest BCUT2D eigenvalue weighted by atomic mass is 16.5. The maximum absolute atomic E-state index is 12.1. The summed E-state index contributed by atoms with van der Waals surface area (Å²) in [5.74, 6) is 0.865. The molecule has 0 bridgehead atoms. The average molecular weight is 374 g/mol. The van der Waals surface area contributed by atoms with E-state index in [1.54, 1.807) is 0 Å². The maximum Gasteiger partial charge on any atom is 0.241 e. The molecule has 0 saturated carbocycles. The molecule has 2 heterocycles. The predicted octanol–water partition coefficient (Wildman–Crippen LogP) is 0.422. The molecular formula is C20H30N4O3. The Bertz CT molecular complexity index is 597. The molecule has 0 aromatic heterocycles. The second-order valence-corrected chi connectivity index (χ2v) is 7.14. The van der Waals surface area contributed by atoms with Crippen molar-refractivity contribution in [2.45, 2.75) is 12.8 Å². The van der Waals surface area contributed by atoms with Gasteiger partial charge in [0.25, 0.3) is 0 Å². The van der Waals surface area contributed by atoms with Gasteiger partial charge in [-0.2, -0.15) is 0 Å². The van der Waals surface area contributed by atoms with E-state index in [1.807, 2.05) is 35.2 Å². The van der Waals surface area contributed by atoms with E-state index in [2.05, 4.69) is 15.1 Å². The first-order chi connectivity index (χ1) is 13.2. The molecule has 1 N–H and O–H groups in total. The number of benzene rings is 1. The standard InChI is InChI=1S/C20H30N4O3/c25-19(21-16-20(26)24-8-4-5-9-24)17-23-12-10-22(11-13-23)14-15-27-18-6-2-1-3-7-18/h1-3,6-7H,4-5,8-17H2,(H,21,25). The number of rotatable bonds is 8. The first kappa shape index (κ1) is 19.6. The monoisotopic (exact) mass is 374 g/mol. The van der Waals surface area contributed by atoms with E-state index in [9.17, 15) is 9.59 Å². The number of amides is 2. The van der Waals surface area contributed by atoms with Gasteiger partial charge in [0.05, 0.1) is 13.1 Å². The van der Waals surface area contributed by atoms with Crippen LogP contribution in [0.4, 0.5) is 0 Å². The Labute approximate surface area is 161 Å². The lowest BCUT2D eigenvalue weighted by Crippen LogP contribution is -2.50. The molecule has 27 heavy (non-hydrogen) atoms. The molecular weight excluding hydrogens is 344 g/mol. The topological polar surface area (TPSA) is 65.1 Å². The van der Waals surface area contributed by atoms with Crippen LogP contribution in [0.15, 0.2) is 30.3 Å². The molecule has 2 fully saturated rings. The fourth-order valence-electron chi connectivity index (χ4n) is 3.49. The first-order valence-corrected chi connectivity index (χ1v) is 9.88. The van der Waals surface area contributed by atoms with Crippen LogP contribution in [0.1, 0.15) is 12.8 Å². The van der Waals surface area contributed by atoms with Crippen LogP contribution in [-0.2, 0) is 9.59 Å². The minimum atomic E-state index is -0.0663. The van der Waals surface area contributed by atoms with Gasteiger partial charge in [-0.05, 0) is 25.0 Å². The number of carbonyl (C=O) groups is 2. The summed E-state index contributed by atoms with van der Waals surface area (Å²) in [5.41, 5.74) is 0. The Morgan fingerprint density at radius 2 is 1.59 bits per heavy atom. The highest BCUT2D eigenvalue weighted by Crippen LogP contribution is 2.09. The third kappa shape index (κ3) is 6.52. The van der Waals surface area contributed by atoms with Crippen molar-refractivity contribution in [3.8, 4) is 5.75 Å². The number of hydrogen-bond acceptors (Lipinski definition) is 5. The molecule has 2 aliphatic heterocycles. The molecule has 1 aromatic rings. The van der Waals surface area contributed by atoms with Crippen LogP contribution in [-0.4, -0.2) is 92.0 Å². The van der Waals surface area contributed by atoms with Gasteiger partial charge in [-0.15, -0.1) is 0 Å². The lowest BCUT2D eigenvalue weighted by Gasteiger charge is -2.34. The second kappa shape index (κ2) is 10.3. The van der Waals surface area contributed by atoms with Gasteiger partial charge in [-0.25, -0.2) is 0 Å². The molecule has 0 radical (unpaired) electrons. The van der Waals surface area contributed by atoms with Gasteiger partial charge in [0.15, 0.2) is 0 Å². The van der Waals surface area contributed by atoms with Gasteiger partial charge in [0, 0.05) is 45.8 Å². The predicted molar refractivity (Wildman–Crippen MR) is 104 cm³/mol. The molecule has 3 rings (SSSR count). The Morgan fingerprint density at radius 3 is 2.30 bits per heavy atom. The number of likely N-dealkylation sites (tertiary alicyclic amines) is 1. The van der Waals surface area contributed by atoms with Gasteiger partial charge in [-0.3, -0.25) is 19.4 Å². The lowest BCUT2D eigenvalue weighted by molar-refractivity contribution is -0.132. The highest BCUT2D eigenvalue weighted by Gasteiger charge is 2.21. The van der Waals surface area contributed by atoms with E-state index in [0.29, 0.717) is 13.2 Å². The summed E-state index contributed by atoms with van der Waals surface area (Å²) in [6.07, 6.45) is 2.14. The number of nitrogens with one attached hydrogen (secondary N) is 1. The molecule has 0 spiro atoms. The van der Waals surface area contributed by atoms with Crippen LogP contribution in [0.3, 0.4) is 0 Å². The SMILES string of the molecule is O=C(CN1CCN(CCOc2ccccc2)CC1)NCC(=O)N1CCCC1. The summed E-state index contributed by atoms with van der Waals surface area (Å²) in [6.45, 7) is 7.27. The van der Waals surface area contributed by atoms with Crippen molar-refractivity contribution in [3.63, 3.8) is 0 Å². The number of carbonyl (C=O) groups excluding carboxylic acids is 2. The van der Waals surface area contributed by atoms with Crippen molar-refractivity contribution in [3.05, 3.63) is 30.3 Å². The summed E-state index contributed by atoms with van der Waals surface area (Å²) in [7, 11) is 0. The Balaban J connectivity index is 1.26. The van der Waals surface area contributed by atoms with Gasteiger partial charge in [-0.1, -0.05) is 18.2 Å². The average Bonchev–Trinajstić information content (AvgIpc) is 3.23. The maximum atomic E-state index is 12.1. The van der Waals surface area contributed by atoms with Crippen LogP contribution >= 0.6 is 0 Å². The molecule has 2 amide bonds. The zero-order valence-corrected chi connectivity index (χ0v) is 15.9. The van der Waals surface area contributed by atoms with E-state index >= 15 is 0 Å². The fourth-order valence-corrected chi connectivity index (χ4v) is 3.49. The Kier molecular flexibility index (Phi) is 7.47. The quantitative estimate of drug-likeness (QED) is 0.715. The van der Waals surface area contributed by atoms with Crippen LogP contribution in [0.25, 0.3) is 0 Å². The van der Waals surface area contributed by atoms with Crippen LogP contribution in [0.5, 0.6) is 5.75 Å². The number of para-hydroxylation sites is 1. The third-order valence-corrected chi connectivity index (χ3v) is 5.15. The molecule has 148 valence electrons. The Morgan fingerprint density at radius 1 is 0.926 bits per heavy atom. The van der Waals surface area contributed by atoms with Gasteiger partial charge in [0.1, 0.15) is 12.4 Å². The van der Waals surface area contributed by atoms with Crippen molar-refractivity contribution < 1.29 is 14.3 Å². The normalized spacial score (nSPS) is 18.4. The minimum absolute atomic E-state index is 0.0316. The van der Waals surface area contributed by atoms with Crippen molar-refractivity contribution in [1.29, 1.82) is 0 Å². The highest BCUT2D eigenvalue weighted by molar-refractivity contribution is 5.85. The van der Waals surface area contributed by atoms with Crippen LogP contribution in [0.2, 0.25) is 0 Å². The van der Waals surface area contributed by atoms with Crippen molar-refractivity contribution in [1.82, 2.24) is 20.0 Å². The molecule has 2 aliphatic rings. The summed E-state index contributed by atoms with van der Waals surface area (Å²) in [4.78, 5) is 30.4. The first-order valence-electron chi connectivity index (χ1n) is 9.88. The molecule has 7 heteroatoms. The van der Waals surface area contributed by atoms with Crippen LogP contribution < -0.4 is 10.1 Å². The van der Waals surface area contributed by atoms with E-state index in [1.165, 1.54) is 0 Å². The molecule has 0 unspecified atom stereocenters. The number of nitrogens with zero attached hydrogens (tertiary/aromatic N) is 3. The zero-order valence-electron chi connectivity index (χ0n) is 15.9. The third-order valence-electron chi connectivity index (χ3n) is 5.15. The van der Waals surface area contributed by atoms with E-state index < -0.39 is 0 Å². The summed E-state index contributed by atoms with van der Waals surface area (Å²) < 4.78 is 5.74. The van der Waals surface area contributed by atoms with Gasteiger partial charge in [0.2, 0.25) is 11.8 Å². The van der Waals surface area contributed by atoms with Crippen LogP contribution in [0, 0.1) is 0 Å². The number of piperazine rings is 1. The van der Waals surface area contributed by atoms with Gasteiger partial charge < -0.3 is 15.0 Å². The molecule has 7 nitrogen and oxygen atoms in total. The second-order valence-electron chi connectivity index (χ2n) is 7.14. The zero-order chi connectivity index (χ0) is 18.9. The number of hydrogen-bond donors (Lipinski definition) is 1. The molecule has 1 aromatic carbocycles. The smallest absolute Gasteiger partial charge is 0.241 e. The summed E-state index contributed by atoms with van der Waals surface area (Å²) in [5, 5.41) is 2.76. The van der Waals surface area contributed by atoms with E-state index in [4.69, 9.17) is 4.74 Å². The molecule has 2 saturated heterocycles. The van der Waals surface area contributed by atoms with Crippen molar-refractivity contribution in [2.24, 2.45) is 0 Å². The van der Waals surface area contributed by atoms with Crippen molar-refractivity contribution in [2.75, 3.05) is 65.5 Å². The minimum Gasteiger partial charge on any atom is -0.492 e. The Hall–Kier alpha value is -2.12. The fraction of sp³-hybridized carbons (Fsp3) is 0.600. The number of ether oxygens (including phenoxy) is 1. The summed E-state index contributed by atoms with van der Waals surface area (Å²) >= 11 is 0. The largest absolute Gasteiger partial charge is 0.492 e. The van der Waals surface area contributed by atoms with Gasteiger partial charge >= 0.3 is 0 Å². The lowest BCUT2D eigenvalue weighted by atomic mass is 10.3. The molecule has 0 atom stereocenters. The molecule has 0 aliphatic carbocycles. The van der Waals surface area contributed by atoms with E-state index in [0.717, 1.165) is 64.4 Å². The van der Waals surface area contributed by atoms with E-state index in [-0.39, 0.29) is 18.4 Å². The van der Waals surface area contributed by atoms with Crippen molar-refractivity contribution >= 4 is 11.8 Å². The summed E-state index contributed by atoms with van der Waals surface area (Å²) in [6, 6.07) is 9.84.